The molecule has 0 aliphatic rings. The Kier molecular flexibility index (Phi) is 5.65. The van der Waals surface area contributed by atoms with Gasteiger partial charge >= 0.3 is 0 Å². The van der Waals surface area contributed by atoms with Crippen LogP contribution < -0.4 is 10.1 Å². The van der Waals surface area contributed by atoms with Crippen molar-refractivity contribution in [2.45, 2.75) is 0 Å². The van der Waals surface area contributed by atoms with Gasteiger partial charge in [0, 0.05) is 23.3 Å². The summed E-state index contributed by atoms with van der Waals surface area (Å²) >= 11 is 0. The highest BCUT2D eigenvalue weighted by atomic mass is 19.1. The molecule has 1 heterocycles. The van der Waals surface area contributed by atoms with E-state index >= 15 is 0 Å². The van der Waals surface area contributed by atoms with Crippen LogP contribution in [0.3, 0.4) is 0 Å². The molecular weight excluding hydrogens is 411 g/mol. The van der Waals surface area contributed by atoms with Gasteiger partial charge in [-0.25, -0.2) is 13.2 Å². The van der Waals surface area contributed by atoms with Crippen molar-refractivity contribution in [1.29, 1.82) is 0 Å². The largest absolute Gasteiger partial charge is 0.484 e. The SMILES string of the molecule is O=C(COc1ccc(-c2nc(-c3ccccc3)no2)cc1)Nc1c(F)cc(F)cc1F. The number of hydrogen-bond donors (Lipinski definition) is 1. The third-order valence-electron chi connectivity index (χ3n) is 4.20. The Bertz CT molecular complexity index is 1190. The molecule has 9 heteroatoms. The van der Waals surface area contributed by atoms with Gasteiger partial charge in [0.2, 0.25) is 5.82 Å². The molecule has 0 spiro atoms. The molecule has 0 atom stereocenters. The molecule has 1 aromatic heterocycles. The second-order valence-electron chi connectivity index (χ2n) is 6.39. The zero-order valence-corrected chi connectivity index (χ0v) is 15.8. The summed E-state index contributed by atoms with van der Waals surface area (Å²) in [4.78, 5) is 16.2. The Morgan fingerprint density at radius 1 is 0.935 bits per heavy atom. The van der Waals surface area contributed by atoms with Crippen molar-refractivity contribution in [2.24, 2.45) is 0 Å². The molecule has 1 amide bonds. The molecule has 0 aliphatic carbocycles. The van der Waals surface area contributed by atoms with Crippen molar-refractivity contribution in [1.82, 2.24) is 10.1 Å². The van der Waals surface area contributed by atoms with Crippen molar-refractivity contribution in [3.63, 3.8) is 0 Å². The number of carbonyl (C=O) groups excluding carboxylic acids is 1. The highest BCUT2D eigenvalue weighted by Gasteiger charge is 2.15. The van der Waals surface area contributed by atoms with Crippen LogP contribution in [0, 0.1) is 17.5 Å². The number of hydrogen-bond acceptors (Lipinski definition) is 5. The maximum Gasteiger partial charge on any atom is 0.262 e. The van der Waals surface area contributed by atoms with E-state index in [0.717, 1.165) is 5.56 Å². The standard InChI is InChI=1S/C22H14F3N3O3/c23-15-10-17(24)20(18(25)11-15)26-19(29)12-30-16-8-6-14(7-9-16)22-27-21(28-31-22)13-4-2-1-3-5-13/h1-11H,12H2,(H,26,29). The number of nitrogens with one attached hydrogen (secondary N) is 1. The molecule has 4 rings (SSSR count). The van der Waals surface area contributed by atoms with E-state index < -0.39 is 35.7 Å². The molecule has 0 saturated carbocycles. The van der Waals surface area contributed by atoms with E-state index in [1.165, 1.54) is 0 Å². The number of amides is 1. The quantitative estimate of drug-likeness (QED) is 0.478. The van der Waals surface area contributed by atoms with E-state index in [4.69, 9.17) is 9.26 Å². The topological polar surface area (TPSA) is 77.2 Å². The van der Waals surface area contributed by atoms with Gasteiger partial charge in [-0.3, -0.25) is 4.79 Å². The fourth-order valence-corrected chi connectivity index (χ4v) is 2.72. The normalized spacial score (nSPS) is 10.7. The second-order valence-corrected chi connectivity index (χ2v) is 6.39. The van der Waals surface area contributed by atoms with Crippen LogP contribution in [0.5, 0.6) is 5.75 Å². The first kappa shape index (κ1) is 20.1. The Morgan fingerprint density at radius 3 is 2.29 bits per heavy atom. The van der Waals surface area contributed by atoms with E-state index in [9.17, 15) is 18.0 Å². The van der Waals surface area contributed by atoms with Crippen LogP contribution in [0.4, 0.5) is 18.9 Å². The Balaban J connectivity index is 1.37. The third-order valence-corrected chi connectivity index (χ3v) is 4.20. The molecule has 0 bridgehead atoms. The molecule has 0 fully saturated rings. The second kappa shape index (κ2) is 8.70. The van der Waals surface area contributed by atoms with Crippen LogP contribution >= 0.6 is 0 Å². The lowest BCUT2D eigenvalue weighted by Gasteiger charge is -2.09. The van der Waals surface area contributed by atoms with Gasteiger partial charge in [0.05, 0.1) is 0 Å². The fraction of sp³-hybridized carbons (Fsp3) is 0.0455. The number of ether oxygens (including phenoxy) is 1. The molecule has 6 nitrogen and oxygen atoms in total. The smallest absolute Gasteiger partial charge is 0.262 e. The van der Waals surface area contributed by atoms with Gasteiger partial charge in [-0.05, 0) is 24.3 Å². The predicted octanol–water partition coefficient (Wildman–Crippen LogP) is 4.84. The van der Waals surface area contributed by atoms with Crippen molar-refractivity contribution in [2.75, 3.05) is 11.9 Å². The Hall–Kier alpha value is -4.14. The number of benzene rings is 3. The highest BCUT2D eigenvalue weighted by molar-refractivity contribution is 5.92. The molecular formula is C22H14F3N3O3. The van der Waals surface area contributed by atoms with Gasteiger partial charge < -0.3 is 14.6 Å². The van der Waals surface area contributed by atoms with Gasteiger partial charge in [-0.1, -0.05) is 35.5 Å². The zero-order chi connectivity index (χ0) is 21.8. The lowest BCUT2D eigenvalue weighted by Crippen LogP contribution is -2.21. The molecule has 1 N–H and O–H groups in total. The van der Waals surface area contributed by atoms with Crippen molar-refractivity contribution < 1.29 is 27.2 Å². The monoisotopic (exact) mass is 425 g/mol. The fourth-order valence-electron chi connectivity index (χ4n) is 2.72. The first-order valence-corrected chi connectivity index (χ1v) is 9.06. The van der Waals surface area contributed by atoms with Gasteiger partial charge in [0.25, 0.3) is 11.8 Å². The van der Waals surface area contributed by atoms with Crippen molar-refractivity contribution >= 4 is 11.6 Å². The summed E-state index contributed by atoms with van der Waals surface area (Å²) in [7, 11) is 0. The van der Waals surface area contributed by atoms with Gasteiger partial charge in [0.1, 0.15) is 17.3 Å². The summed E-state index contributed by atoms with van der Waals surface area (Å²) in [6.45, 7) is -0.506. The van der Waals surface area contributed by atoms with Crippen LogP contribution in [-0.4, -0.2) is 22.7 Å². The molecule has 4 aromatic rings. The van der Waals surface area contributed by atoms with E-state index in [-0.39, 0.29) is 0 Å². The molecule has 0 saturated heterocycles. The number of carbonyl (C=O) groups is 1. The third kappa shape index (κ3) is 4.72. The number of nitrogens with zero attached hydrogens (tertiary/aromatic N) is 2. The first-order valence-electron chi connectivity index (χ1n) is 9.06. The lowest BCUT2D eigenvalue weighted by molar-refractivity contribution is -0.118. The molecule has 0 unspecified atom stereocenters. The van der Waals surface area contributed by atoms with E-state index in [1.54, 1.807) is 24.3 Å². The summed E-state index contributed by atoms with van der Waals surface area (Å²) in [5.74, 6) is -3.23. The summed E-state index contributed by atoms with van der Waals surface area (Å²) < 4.78 is 50.7. The summed E-state index contributed by atoms with van der Waals surface area (Å²) in [5.41, 5.74) is 0.718. The molecule has 156 valence electrons. The minimum atomic E-state index is -1.22. The van der Waals surface area contributed by atoms with Crippen LogP contribution in [0.1, 0.15) is 0 Å². The van der Waals surface area contributed by atoms with Crippen molar-refractivity contribution in [3.05, 3.63) is 84.2 Å². The van der Waals surface area contributed by atoms with Crippen LogP contribution in [0.25, 0.3) is 22.8 Å². The molecule has 3 aromatic carbocycles. The van der Waals surface area contributed by atoms with Crippen LogP contribution in [0.2, 0.25) is 0 Å². The van der Waals surface area contributed by atoms with E-state index in [1.807, 2.05) is 35.6 Å². The Morgan fingerprint density at radius 2 is 1.61 bits per heavy atom. The Labute approximate surface area is 174 Å². The summed E-state index contributed by atoms with van der Waals surface area (Å²) in [6, 6.07) is 16.8. The lowest BCUT2D eigenvalue weighted by atomic mass is 10.2. The van der Waals surface area contributed by atoms with Gasteiger partial charge in [0.15, 0.2) is 18.2 Å². The zero-order valence-electron chi connectivity index (χ0n) is 15.8. The number of halogens is 3. The average Bonchev–Trinajstić information content (AvgIpc) is 3.26. The molecule has 0 aliphatic heterocycles. The first-order chi connectivity index (χ1) is 15.0. The van der Waals surface area contributed by atoms with Gasteiger partial charge in [-0.2, -0.15) is 4.98 Å². The average molecular weight is 425 g/mol. The minimum Gasteiger partial charge on any atom is -0.484 e. The number of anilines is 1. The van der Waals surface area contributed by atoms with E-state index in [0.29, 0.717) is 35.2 Å². The summed E-state index contributed by atoms with van der Waals surface area (Å²) in [6.07, 6.45) is 0. The van der Waals surface area contributed by atoms with E-state index in [2.05, 4.69) is 10.1 Å². The highest BCUT2D eigenvalue weighted by Crippen LogP contribution is 2.24. The molecule has 0 radical (unpaired) electrons. The van der Waals surface area contributed by atoms with Crippen LogP contribution in [-0.2, 0) is 4.79 Å². The van der Waals surface area contributed by atoms with Gasteiger partial charge in [-0.15, -0.1) is 0 Å². The number of aromatic nitrogens is 2. The number of rotatable bonds is 6. The summed E-state index contributed by atoms with van der Waals surface area (Å²) in [5, 5.41) is 5.97. The minimum absolute atomic E-state index is 0.311. The predicted molar refractivity (Wildman–Crippen MR) is 106 cm³/mol. The van der Waals surface area contributed by atoms with Crippen molar-refractivity contribution in [3.8, 4) is 28.6 Å². The maximum atomic E-state index is 13.6. The molecule has 31 heavy (non-hydrogen) atoms. The van der Waals surface area contributed by atoms with Crippen LogP contribution in [0.15, 0.2) is 71.3 Å². The maximum absolute atomic E-state index is 13.6.